The summed E-state index contributed by atoms with van der Waals surface area (Å²) >= 11 is 7.71. The fourth-order valence-corrected chi connectivity index (χ4v) is 4.54. The van der Waals surface area contributed by atoms with Crippen molar-refractivity contribution in [3.63, 3.8) is 0 Å². The van der Waals surface area contributed by atoms with Crippen LogP contribution >= 0.6 is 23.4 Å². The quantitative estimate of drug-likeness (QED) is 0.183. The number of rotatable bonds is 7. The van der Waals surface area contributed by atoms with Gasteiger partial charge in [0.25, 0.3) is 5.69 Å². The van der Waals surface area contributed by atoms with Crippen molar-refractivity contribution in [3.8, 4) is 17.1 Å². The Labute approximate surface area is 211 Å². The lowest BCUT2D eigenvalue weighted by Crippen LogP contribution is -2.15. The van der Waals surface area contributed by atoms with Crippen LogP contribution in [0.3, 0.4) is 0 Å². The summed E-state index contributed by atoms with van der Waals surface area (Å²) < 4.78 is 1.92. The van der Waals surface area contributed by atoms with Gasteiger partial charge in [0.05, 0.1) is 21.4 Å². The maximum absolute atomic E-state index is 12.7. The molecule has 1 N–H and O–H groups in total. The normalized spacial score (nSPS) is 10.9. The van der Waals surface area contributed by atoms with E-state index in [1.165, 1.54) is 30.0 Å². The van der Waals surface area contributed by atoms with Gasteiger partial charge in [0.15, 0.2) is 11.0 Å². The molecule has 8 nitrogen and oxygen atoms in total. The molecule has 4 aromatic rings. The molecule has 10 heteroatoms. The molecule has 0 saturated carbocycles. The molecule has 1 aromatic heterocycles. The van der Waals surface area contributed by atoms with Gasteiger partial charge in [0, 0.05) is 23.4 Å². The predicted molar refractivity (Wildman–Crippen MR) is 138 cm³/mol. The van der Waals surface area contributed by atoms with Crippen molar-refractivity contribution in [1.82, 2.24) is 14.8 Å². The van der Waals surface area contributed by atoms with Crippen LogP contribution in [0.2, 0.25) is 5.02 Å². The van der Waals surface area contributed by atoms with Crippen LogP contribution < -0.4 is 5.32 Å². The summed E-state index contributed by atoms with van der Waals surface area (Å²) in [5.74, 6) is 0.391. The average Bonchev–Trinajstić information content (AvgIpc) is 3.24. The molecule has 1 heterocycles. The Morgan fingerprint density at radius 2 is 1.83 bits per heavy atom. The second-order valence-electron chi connectivity index (χ2n) is 8.00. The van der Waals surface area contributed by atoms with Gasteiger partial charge in [-0.25, -0.2) is 0 Å². The Kier molecular flexibility index (Phi) is 7.18. The Morgan fingerprint density at radius 3 is 2.54 bits per heavy atom. The zero-order valence-corrected chi connectivity index (χ0v) is 20.9. The number of benzene rings is 3. The van der Waals surface area contributed by atoms with E-state index in [0.717, 1.165) is 22.4 Å². The number of aryl methyl sites for hydroxylation is 3. The summed E-state index contributed by atoms with van der Waals surface area (Å²) in [6, 6.07) is 17.8. The van der Waals surface area contributed by atoms with Gasteiger partial charge in [-0.15, -0.1) is 10.2 Å². The van der Waals surface area contributed by atoms with Gasteiger partial charge < -0.3 is 5.32 Å². The third-order valence-corrected chi connectivity index (χ3v) is 6.64. The van der Waals surface area contributed by atoms with Gasteiger partial charge in [0.2, 0.25) is 5.91 Å². The number of carbonyl (C=O) groups excluding carboxylic acids is 1. The molecule has 35 heavy (non-hydrogen) atoms. The molecule has 3 aromatic carbocycles. The number of thioether (sulfide) groups is 1. The summed E-state index contributed by atoms with van der Waals surface area (Å²) in [5, 5.41) is 23.6. The van der Waals surface area contributed by atoms with E-state index in [1.54, 1.807) is 13.0 Å². The first-order valence-corrected chi connectivity index (χ1v) is 12.1. The van der Waals surface area contributed by atoms with Crippen molar-refractivity contribution < 1.29 is 9.72 Å². The summed E-state index contributed by atoms with van der Waals surface area (Å²) in [6.07, 6.45) is 0. The number of nitrogens with zero attached hydrogens (tertiary/aromatic N) is 4. The maximum atomic E-state index is 12.7. The number of nitro groups is 1. The molecular formula is C25H22ClN5O3S. The third-order valence-electron chi connectivity index (χ3n) is 5.38. The van der Waals surface area contributed by atoms with E-state index < -0.39 is 4.92 Å². The van der Waals surface area contributed by atoms with Crippen molar-refractivity contribution in [1.29, 1.82) is 0 Å². The number of nitrogens with one attached hydrogen (secondary N) is 1. The fraction of sp³-hybridized carbons (Fsp3) is 0.160. The minimum absolute atomic E-state index is 0.0244. The van der Waals surface area contributed by atoms with Crippen LogP contribution in [0, 0.1) is 30.9 Å². The van der Waals surface area contributed by atoms with E-state index in [-0.39, 0.29) is 17.3 Å². The number of aromatic nitrogens is 3. The Morgan fingerprint density at radius 1 is 1.06 bits per heavy atom. The molecule has 0 aliphatic carbocycles. The second-order valence-corrected chi connectivity index (χ2v) is 9.35. The molecule has 0 aliphatic heterocycles. The number of nitro benzene ring substituents is 1. The lowest BCUT2D eigenvalue weighted by molar-refractivity contribution is -0.384. The summed E-state index contributed by atoms with van der Waals surface area (Å²) in [5.41, 5.74) is 4.84. The first kappa shape index (κ1) is 24.4. The third kappa shape index (κ3) is 5.36. The van der Waals surface area contributed by atoms with Crippen molar-refractivity contribution in [3.05, 3.63) is 92.5 Å². The molecule has 0 atom stereocenters. The zero-order valence-electron chi connectivity index (χ0n) is 19.3. The van der Waals surface area contributed by atoms with Gasteiger partial charge in [0.1, 0.15) is 0 Å². The predicted octanol–water partition coefficient (Wildman–Crippen LogP) is 6.15. The van der Waals surface area contributed by atoms with Crippen LogP contribution in [0.15, 0.2) is 65.8 Å². The van der Waals surface area contributed by atoms with Crippen LogP contribution in [-0.4, -0.2) is 31.3 Å². The average molecular weight is 508 g/mol. The van der Waals surface area contributed by atoms with Gasteiger partial charge in [-0.05, 0) is 61.7 Å². The highest BCUT2D eigenvalue weighted by atomic mass is 35.5. The molecular weight excluding hydrogens is 486 g/mol. The number of halogens is 1. The van der Waals surface area contributed by atoms with Crippen LogP contribution in [-0.2, 0) is 4.79 Å². The monoisotopic (exact) mass is 507 g/mol. The molecule has 0 aliphatic rings. The minimum Gasteiger partial charge on any atom is -0.325 e. The molecule has 4 rings (SSSR count). The van der Waals surface area contributed by atoms with Crippen molar-refractivity contribution >= 4 is 40.6 Å². The topological polar surface area (TPSA) is 103 Å². The molecule has 0 spiro atoms. The number of amides is 1. The number of anilines is 1. The number of hydrogen-bond acceptors (Lipinski definition) is 6. The lowest BCUT2D eigenvalue weighted by Gasteiger charge is -2.14. The summed E-state index contributed by atoms with van der Waals surface area (Å²) in [4.78, 5) is 23.2. The van der Waals surface area contributed by atoms with Crippen LogP contribution in [0.5, 0.6) is 0 Å². The first-order valence-electron chi connectivity index (χ1n) is 10.7. The first-order chi connectivity index (χ1) is 16.7. The highest BCUT2D eigenvalue weighted by molar-refractivity contribution is 7.99. The smallest absolute Gasteiger partial charge is 0.269 e. The molecule has 0 saturated heterocycles. The van der Waals surface area contributed by atoms with E-state index >= 15 is 0 Å². The second kappa shape index (κ2) is 10.3. The summed E-state index contributed by atoms with van der Waals surface area (Å²) in [6.45, 7) is 5.72. The zero-order chi connectivity index (χ0) is 25.1. The van der Waals surface area contributed by atoms with Crippen molar-refractivity contribution in [2.45, 2.75) is 25.9 Å². The van der Waals surface area contributed by atoms with Gasteiger partial charge in [-0.3, -0.25) is 19.5 Å². The SMILES string of the molecule is Cc1ccc(C)c(-n2c(SCC(=O)Nc3ccc([N+](=O)[O-])cc3C)nnc2-c2ccccc2Cl)c1. The molecule has 178 valence electrons. The molecule has 0 radical (unpaired) electrons. The van der Waals surface area contributed by atoms with Crippen LogP contribution in [0.25, 0.3) is 17.1 Å². The van der Waals surface area contributed by atoms with Crippen LogP contribution in [0.1, 0.15) is 16.7 Å². The number of hydrogen-bond donors (Lipinski definition) is 1. The van der Waals surface area contributed by atoms with E-state index in [0.29, 0.717) is 27.3 Å². The van der Waals surface area contributed by atoms with Crippen molar-refractivity contribution in [2.75, 3.05) is 11.1 Å². The van der Waals surface area contributed by atoms with Gasteiger partial charge in [-0.2, -0.15) is 0 Å². The van der Waals surface area contributed by atoms with Crippen molar-refractivity contribution in [2.24, 2.45) is 0 Å². The highest BCUT2D eigenvalue weighted by Crippen LogP contribution is 2.33. The summed E-state index contributed by atoms with van der Waals surface area (Å²) in [7, 11) is 0. The largest absolute Gasteiger partial charge is 0.325 e. The lowest BCUT2D eigenvalue weighted by atomic mass is 10.1. The maximum Gasteiger partial charge on any atom is 0.269 e. The van der Waals surface area contributed by atoms with E-state index in [1.807, 2.05) is 54.8 Å². The molecule has 0 fully saturated rings. The highest BCUT2D eigenvalue weighted by Gasteiger charge is 2.20. The van der Waals surface area contributed by atoms with Gasteiger partial charge in [-0.1, -0.05) is 47.6 Å². The minimum atomic E-state index is -0.467. The number of carbonyl (C=O) groups is 1. The fourth-order valence-electron chi connectivity index (χ4n) is 3.58. The molecule has 0 unspecified atom stereocenters. The molecule has 0 bridgehead atoms. The molecule has 1 amide bonds. The van der Waals surface area contributed by atoms with E-state index in [4.69, 9.17) is 11.6 Å². The van der Waals surface area contributed by atoms with Crippen LogP contribution in [0.4, 0.5) is 11.4 Å². The Balaban J connectivity index is 1.63. The van der Waals surface area contributed by atoms with E-state index in [2.05, 4.69) is 15.5 Å². The van der Waals surface area contributed by atoms with Gasteiger partial charge >= 0.3 is 0 Å². The number of non-ortho nitro benzene ring substituents is 1. The Bertz CT molecular complexity index is 1440. The van der Waals surface area contributed by atoms with E-state index in [9.17, 15) is 14.9 Å². The Hall–Kier alpha value is -3.69. The standard InChI is InChI=1S/C25H22ClN5O3S/c1-15-8-9-16(2)22(12-15)30-24(19-6-4-5-7-20(19)26)28-29-25(30)35-14-23(32)27-21-11-10-18(31(33)34)13-17(21)3/h4-13H,14H2,1-3H3,(H,27,32).